The van der Waals surface area contributed by atoms with Gasteiger partial charge in [0.25, 0.3) is 0 Å². The maximum absolute atomic E-state index is 13.4. The molecule has 0 spiro atoms. The summed E-state index contributed by atoms with van der Waals surface area (Å²) < 4.78 is 18.7. The third-order valence-electron chi connectivity index (χ3n) is 4.76. The van der Waals surface area contributed by atoms with Crippen LogP contribution in [0, 0.1) is 5.82 Å². The van der Waals surface area contributed by atoms with Gasteiger partial charge in [-0.15, -0.1) is 0 Å². The lowest BCUT2D eigenvalue weighted by molar-refractivity contribution is 0.415. The Morgan fingerprint density at radius 2 is 1.36 bits per heavy atom. The summed E-state index contributed by atoms with van der Waals surface area (Å²) in [6.07, 6.45) is 3.51. The van der Waals surface area contributed by atoms with Gasteiger partial charge in [-0.3, -0.25) is 0 Å². The molecule has 0 aliphatic heterocycles. The number of anilines is 3. The van der Waals surface area contributed by atoms with Gasteiger partial charge in [-0.1, -0.05) is 6.07 Å². The highest BCUT2D eigenvalue weighted by Gasteiger charge is 2.16. The molecular formula is C22H20FNO. The van der Waals surface area contributed by atoms with Gasteiger partial charge in [-0.05, 0) is 91.1 Å². The molecule has 3 heteroatoms. The molecule has 0 N–H and O–H groups in total. The van der Waals surface area contributed by atoms with E-state index in [1.54, 1.807) is 7.11 Å². The Balaban J connectivity index is 1.81. The Kier molecular flexibility index (Phi) is 4.14. The number of nitrogens with zero attached hydrogens (tertiary/aromatic N) is 1. The molecule has 0 atom stereocenters. The second-order valence-corrected chi connectivity index (χ2v) is 6.32. The molecule has 126 valence electrons. The molecule has 0 saturated heterocycles. The molecule has 4 rings (SSSR count). The number of hydrogen-bond donors (Lipinski definition) is 0. The largest absolute Gasteiger partial charge is 0.497 e. The van der Waals surface area contributed by atoms with Crippen LogP contribution in [0.5, 0.6) is 5.75 Å². The minimum absolute atomic E-state index is 0.229. The Morgan fingerprint density at radius 3 is 2.04 bits per heavy atom. The van der Waals surface area contributed by atoms with Crippen LogP contribution in [0.25, 0.3) is 0 Å². The van der Waals surface area contributed by atoms with Crippen molar-refractivity contribution in [1.29, 1.82) is 0 Å². The van der Waals surface area contributed by atoms with E-state index in [4.69, 9.17) is 4.74 Å². The second kappa shape index (κ2) is 6.60. The first-order valence-corrected chi connectivity index (χ1v) is 8.56. The normalized spacial score (nSPS) is 12.7. The number of benzene rings is 3. The minimum atomic E-state index is -0.229. The number of halogens is 1. The van der Waals surface area contributed by atoms with Crippen LogP contribution in [0.3, 0.4) is 0 Å². The smallest absolute Gasteiger partial charge is 0.123 e. The highest BCUT2D eigenvalue weighted by molar-refractivity contribution is 5.77. The minimum Gasteiger partial charge on any atom is -0.497 e. The van der Waals surface area contributed by atoms with Crippen molar-refractivity contribution in [2.45, 2.75) is 19.3 Å². The average Bonchev–Trinajstić information content (AvgIpc) is 3.12. The van der Waals surface area contributed by atoms with Gasteiger partial charge in [0.05, 0.1) is 7.11 Å². The fourth-order valence-electron chi connectivity index (χ4n) is 3.47. The van der Waals surface area contributed by atoms with Crippen molar-refractivity contribution >= 4 is 17.1 Å². The second-order valence-electron chi connectivity index (χ2n) is 6.32. The molecule has 0 bridgehead atoms. The summed E-state index contributed by atoms with van der Waals surface area (Å²) in [4.78, 5) is 2.15. The zero-order chi connectivity index (χ0) is 17.2. The van der Waals surface area contributed by atoms with E-state index in [0.29, 0.717) is 0 Å². The average molecular weight is 333 g/mol. The highest BCUT2D eigenvalue weighted by Crippen LogP contribution is 2.37. The number of fused-ring (bicyclic) bond motifs is 1. The number of methoxy groups -OCH3 is 1. The van der Waals surface area contributed by atoms with Crippen molar-refractivity contribution in [3.63, 3.8) is 0 Å². The van der Waals surface area contributed by atoms with Crippen molar-refractivity contribution in [3.8, 4) is 5.75 Å². The quantitative estimate of drug-likeness (QED) is 0.599. The van der Waals surface area contributed by atoms with Crippen LogP contribution in [0.1, 0.15) is 17.5 Å². The van der Waals surface area contributed by atoms with Gasteiger partial charge in [0.2, 0.25) is 0 Å². The summed E-state index contributed by atoms with van der Waals surface area (Å²) in [7, 11) is 1.66. The Bertz CT molecular complexity index is 872. The summed E-state index contributed by atoms with van der Waals surface area (Å²) in [5, 5.41) is 0. The van der Waals surface area contributed by atoms with Crippen molar-refractivity contribution in [1.82, 2.24) is 0 Å². The van der Waals surface area contributed by atoms with Crippen LogP contribution in [-0.4, -0.2) is 7.11 Å². The van der Waals surface area contributed by atoms with Crippen molar-refractivity contribution in [2.24, 2.45) is 0 Å². The number of aryl methyl sites for hydroxylation is 2. The van der Waals surface area contributed by atoms with Crippen LogP contribution in [0.4, 0.5) is 21.5 Å². The lowest BCUT2D eigenvalue weighted by Gasteiger charge is -2.26. The first-order valence-electron chi connectivity index (χ1n) is 8.56. The van der Waals surface area contributed by atoms with Crippen molar-refractivity contribution in [2.75, 3.05) is 12.0 Å². The molecule has 0 unspecified atom stereocenters. The highest BCUT2D eigenvalue weighted by atomic mass is 19.1. The van der Waals surface area contributed by atoms with Crippen LogP contribution < -0.4 is 9.64 Å². The third-order valence-corrected chi connectivity index (χ3v) is 4.76. The summed E-state index contributed by atoms with van der Waals surface area (Å²) in [6, 6.07) is 21.2. The van der Waals surface area contributed by atoms with Gasteiger partial charge in [-0.25, -0.2) is 4.39 Å². The summed E-state index contributed by atoms with van der Waals surface area (Å²) in [5.74, 6) is 0.587. The Morgan fingerprint density at radius 1 is 0.760 bits per heavy atom. The molecule has 0 radical (unpaired) electrons. The molecular weight excluding hydrogens is 313 g/mol. The number of rotatable bonds is 4. The van der Waals surface area contributed by atoms with E-state index >= 15 is 0 Å². The fourth-order valence-corrected chi connectivity index (χ4v) is 3.47. The zero-order valence-corrected chi connectivity index (χ0v) is 14.2. The van der Waals surface area contributed by atoms with E-state index in [1.807, 2.05) is 36.4 Å². The first kappa shape index (κ1) is 15.7. The number of ether oxygens (including phenoxy) is 1. The Hall–Kier alpha value is -2.81. The van der Waals surface area contributed by atoms with Crippen LogP contribution in [-0.2, 0) is 12.8 Å². The van der Waals surface area contributed by atoms with E-state index in [-0.39, 0.29) is 5.82 Å². The molecule has 0 fully saturated rings. The van der Waals surface area contributed by atoms with E-state index < -0.39 is 0 Å². The topological polar surface area (TPSA) is 12.5 Å². The van der Waals surface area contributed by atoms with Gasteiger partial charge < -0.3 is 9.64 Å². The van der Waals surface area contributed by atoms with Crippen LogP contribution >= 0.6 is 0 Å². The third kappa shape index (κ3) is 3.10. The monoisotopic (exact) mass is 333 g/mol. The molecule has 0 heterocycles. The van der Waals surface area contributed by atoms with Crippen molar-refractivity contribution in [3.05, 3.63) is 83.7 Å². The van der Waals surface area contributed by atoms with Gasteiger partial charge in [0.1, 0.15) is 11.6 Å². The molecule has 1 aliphatic rings. The summed E-state index contributed by atoms with van der Waals surface area (Å²) in [6.45, 7) is 0. The molecule has 1 aliphatic carbocycles. The van der Waals surface area contributed by atoms with Gasteiger partial charge in [-0.2, -0.15) is 0 Å². The lowest BCUT2D eigenvalue weighted by atomic mass is 10.1. The molecule has 0 amide bonds. The maximum atomic E-state index is 13.4. The summed E-state index contributed by atoms with van der Waals surface area (Å²) >= 11 is 0. The Labute approximate surface area is 147 Å². The fraction of sp³-hybridized carbons (Fsp3) is 0.182. The van der Waals surface area contributed by atoms with Gasteiger partial charge >= 0.3 is 0 Å². The predicted octanol–water partition coefficient (Wildman–Crippen LogP) is 5.79. The molecule has 3 aromatic rings. The van der Waals surface area contributed by atoms with Crippen LogP contribution in [0.15, 0.2) is 66.7 Å². The van der Waals surface area contributed by atoms with Gasteiger partial charge in [0.15, 0.2) is 0 Å². The molecule has 0 saturated carbocycles. The number of hydrogen-bond acceptors (Lipinski definition) is 2. The van der Waals surface area contributed by atoms with E-state index in [0.717, 1.165) is 35.7 Å². The maximum Gasteiger partial charge on any atom is 0.123 e. The van der Waals surface area contributed by atoms with E-state index in [2.05, 4.69) is 23.1 Å². The van der Waals surface area contributed by atoms with E-state index in [1.165, 1.54) is 29.7 Å². The molecule has 0 aromatic heterocycles. The predicted molar refractivity (Wildman–Crippen MR) is 99.7 cm³/mol. The molecule has 3 aromatic carbocycles. The summed E-state index contributed by atoms with van der Waals surface area (Å²) in [5.41, 5.74) is 5.91. The van der Waals surface area contributed by atoms with Gasteiger partial charge in [0, 0.05) is 17.1 Å². The SMILES string of the molecule is COc1ccc(N(c2ccc(F)cc2)c2ccc3c(c2)CCC3)cc1. The lowest BCUT2D eigenvalue weighted by Crippen LogP contribution is -2.10. The first-order chi connectivity index (χ1) is 12.2. The van der Waals surface area contributed by atoms with Crippen LogP contribution in [0.2, 0.25) is 0 Å². The van der Waals surface area contributed by atoms with Crippen molar-refractivity contribution < 1.29 is 9.13 Å². The zero-order valence-electron chi connectivity index (χ0n) is 14.2. The standard InChI is InChI=1S/C22H20FNO/c1-25-22-13-11-20(12-14-22)24(19-9-6-18(23)7-10-19)21-8-5-16-3-2-4-17(16)15-21/h5-15H,2-4H2,1H3. The molecule has 25 heavy (non-hydrogen) atoms. The molecule has 2 nitrogen and oxygen atoms in total. The van der Waals surface area contributed by atoms with E-state index in [9.17, 15) is 4.39 Å².